The average Bonchev–Trinajstić information content (AvgIpc) is 2.73. The van der Waals surface area contributed by atoms with Gasteiger partial charge in [0.1, 0.15) is 6.29 Å². The summed E-state index contributed by atoms with van der Waals surface area (Å²) >= 11 is 6.96. The molecule has 1 amide bonds. The number of hydrogen-bond acceptors (Lipinski definition) is 5. The predicted octanol–water partition coefficient (Wildman–Crippen LogP) is 1.85. The van der Waals surface area contributed by atoms with Crippen LogP contribution in [0.25, 0.3) is 0 Å². The highest BCUT2D eigenvalue weighted by Gasteiger charge is 2.29. The molecule has 5 nitrogen and oxygen atoms in total. The molecule has 1 heterocycles. The van der Waals surface area contributed by atoms with Crippen molar-refractivity contribution in [3.05, 3.63) is 34.9 Å². The van der Waals surface area contributed by atoms with Gasteiger partial charge in [-0.2, -0.15) is 5.10 Å². The molecule has 1 aromatic carbocycles. The molecule has 1 unspecified atom stereocenters. The molecule has 0 radical (unpaired) electrons. The van der Waals surface area contributed by atoms with Crippen molar-refractivity contribution in [3.63, 3.8) is 0 Å². The van der Waals surface area contributed by atoms with E-state index in [-0.39, 0.29) is 12.3 Å². The monoisotopic (exact) mass is 295 g/mol. The lowest BCUT2D eigenvalue weighted by molar-refractivity contribution is -0.120. The Bertz CT molecular complexity index is 542. The number of thioether (sulfide) groups is 1. The maximum atomic E-state index is 11.4. The highest BCUT2D eigenvalue weighted by Crippen LogP contribution is 2.21. The fourth-order valence-electron chi connectivity index (χ4n) is 1.39. The third-order valence-electron chi connectivity index (χ3n) is 2.31. The van der Waals surface area contributed by atoms with E-state index in [0.717, 1.165) is 11.8 Å². The molecule has 19 heavy (non-hydrogen) atoms. The maximum absolute atomic E-state index is 11.4. The summed E-state index contributed by atoms with van der Waals surface area (Å²) < 4.78 is 0. The Hall–Kier alpha value is -1.66. The summed E-state index contributed by atoms with van der Waals surface area (Å²) in [5.74, 6) is -0.211. The van der Waals surface area contributed by atoms with Gasteiger partial charge in [0.25, 0.3) is 0 Å². The van der Waals surface area contributed by atoms with Gasteiger partial charge in [-0.3, -0.25) is 4.79 Å². The first-order valence-corrected chi connectivity index (χ1v) is 6.72. The van der Waals surface area contributed by atoms with E-state index in [1.54, 1.807) is 18.3 Å². The number of carbonyl (C=O) groups is 2. The molecule has 1 aliphatic heterocycles. The first-order valence-electron chi connectivity index (χ1n) is 5.47. The minimum atomic E-state index is -0.401. The van der Waals surface area contributed by atoms with Crippen LogP contribution in [0.4, 0.5) is 0 Å². The van der Waals surface area contributed by atoms with E-state index in [1.165, 1.54) is 11.8 Å². The second-order valence-corrected chi connectivity index (χ2v) is 5.33. The van der Waals surface area contributed by atoms with Gasteiger partial charge in [0, 0.05) is 11.4 Å². The summed E-state index contributed by atoms with van der Waals surface area (Å²) in [6, 6.07) is 7.12. The van der Waals surface area contributed by atoms with E-state index in [1.807, 2.05) is 12.1 Å². The van der Waals surface area contributed by atoms with Gasteiger partial charge >= 0.3 is 0 Å². The van der Waals surface area contributed by atoms with Crippen LogP contribution in [0, 0.1) is 0 Å². The lowest BCUT2D eigenvalue weighted by Gasteiger charge is -1.95. The van der Waals surface area contributed by atoms with Crippen LogP contribution in [0.1, 0.15) is 12.0 Å². The molecule has 0 bridgehead atoms. The second-order valence-electron chi connectivity index (χ2n) is 3.70. The number of aldehydes is 1. The molecule has 1 saturated heterocycles. The van der Waals surface area contributed by atoms with Crippen LogP contribution in [0.5, 0.6) is 0 Å². The molecule has 1 fully saturated rings. The van der Waals surface area contributed by atoms with Crippen molar-refractivity contribution in [2.75, 3.05) is 0 Å². The molecule has 1 aliphatic rings. The number of amides is 1. The minimum absolute atomic E-state index is 0.177. The number of nitrogens with zero attached hydrogens (tertiary/aromatic N) is 2. The van der Waals surface area contributed by atoms with E-state index >= 15 is 0 Å². The van der Waals surface area contributed by atoms with Crippen LogP contribution in [0.2, 0.25) is 5.02 Å². The fourth-order valence-corrected chi connectivity index (χ4v) is 2.38. The van der Waals surface area contributed by atoms with Crippen LogP contribution in [-0.2, 0) is 9.59 Å². The van der Waals surface area contributed by atoms with Crippen molar-refractivity contribution in [1.29, 1.82) is 0 Å². The molecular weight excluding hydrogens is 286 g/mol. The standard InChI is InChI=1S/C12H10ClN3O2S/c13-9-3-1-8(2-4-9)7-14-16-12-15-11(18)10(19-12)5-6-17/h1-4,6-7,10H,5H2,(H,15,16,18)/b14-7+. The molecule has 0 aliphatic carbocycles. The first-order chi connectivity index (χ1) is 9.19. The normalized spacial score (nSPS) is 21.0. The first kappa shape index (κ1) is 13.8. The van der Waals surface area contributed by atoms with Crippen molar-refractivity contribution < 1.29 is 9.59 Å². The minimum Gasteiger partial charge on any atom is -0.303 e. The van der Waals surface area contributed by atoms with Gasteiger partial charge < -0.3 is 10.1 Å². The van der Waals surface area contributed by atoms with Gasteiger partial charge in [-0.15, -0.1) is 5.10 Å². The van der Waals surface area contributed by atoms with Gasteiger partial charge in [-0.1, -0.05) is 35.5 Å². The predicted molar refractivity (Wildman–Crippen MR) is 76.7 cm³/mol. The average molecular weight is 296 g/mol. The van der Waals surface area contributed by atoms with E-state index in [9.17, 15) is 9.59 Å². The fraction of sp³-hybridized carbons (Fsp3) is 0.167. The van der Waals surface area contributed by atoms with Gasteiger partial charge in [0.15, 0.2) is 5.17 Å². The Morgan fingerprint density at radius 3 is 2.79 bits per heavy atom. The van der Waals surface area contributed by atoms with Gasteiger partial charge in [-0.25, -0.2) is 0 Å². The molecular formula is C12H10ClN3O2S. The van der Waals surface area contributed by atoms with Crippen LogP contribution in [0.3, 0.4) is 0 Å². The van der Waals surface area contributed by atoms with Crippen molar-refractivity contribution in [2.24, 2.45) is 10.2 Å². The SMILES string of the molecule is O=CCC1S/C(=N\N=C\c2ccc(Cl)cc2)NC1=O. The van der Waals surface area contributed by atoms with Crippen LogP contribution < -0.4 is 5.32 Å². The lowest BCUT2D eigenvalue weighted by atomic mass is 10.2. The van der Waals surface area contributed by atoms with Crippen molar-refractivity contribution >= 4 is 46.9 Å². The number of carbonyl (C=O) groups excluding carboxylic acids is 2. The number of benzene rings is 1. The Kier molecular flexibility index (Phi) is 4.70. The number of rotatable bonds is 4. The van der Waals surface area contributed by atoms with Crippen molar-refractivity contribution in [1.82, 2.24) is 5.32 Å². The van der Waals surface area contributed by atoms with E-state index in [2.05, 4.69) is 15.5 Å². The Balaban J connectivity index is 1.98. The summed E-state index contributed by atoms with van der Waals surface area (Å²) in [5.41, 5.74) is 0.854. The van der Waals surface area contributed by atoms with E-state index in [0.29, 0.717) is 10.2 Å². The summed E-state index contributed by atoms with van der Waals surface area (Å²) in [7, 11) is 0. The molecule has 0 saturated carbocycles. The van der Waals surface area contributed by atoms with E-state index < -0.39 is 5.25 Å². The van der Waals surface area contributed by atoms with Crippen molar-refractivity contribution in [3.8, 4) is 0 Å². The quantitative estimate of drug-likeness (QED) is 0.523. The van der Waals surface area contributed by atoms with E-state index in [4.69, 9.17) is 11.6 Å². The van der Waals surface area contributed by atoms with Gasteiger partial charge in [0.05, 0.1) is 11.5 Å². The topological polar surface area (TPSA) is 70.9 Å². The van der Waals surface area contributed by atoms with Gasteiger partial charge in [0.2, 0.25) is 5.91 Å². The largest absolute Gasteiger partial charge is 0.303 e. The Labute approximate surface area is 119 Å². The molecule has 1 aromatic rings. The summed E-state index contributed by atoms with van der Waals surface area (Å²) in [5, 5.41) is 11.0. The highest BCUT2D eigenvalue weighted by molar-refractivity contribution is 8.15. The third kappa shape index (κ3) is 3.90. The molecule has 2 rings (SSSR count). The zero-order chi connectivity index (χ0) is 13.7. The number of hydrogen-bond donors (Lipinski definition) is 1. The summed E-state index contributed by atoms with van der Waals surface area (Å²) in [4.78, 5) is 21.8. The van der Waals surface area contributed by atoms with Gasteiger partial charge in [-0.05, 0) is 17.7 Å². The van der Waals surface area contributed by atoms with Crippen LogP contribution in [0.15, 0.2) is 34.5 Å². The van der Waals surface area contributed by atoms with Crippen molar-refractivity contribution in [2.45, 2.75) is 11.7 Å². The molecule has 0 spiro atoms. The molecule has 98 valence electrons. The number of nitrogens with one attached hydrogen (secondary N) is 1. The van der Waals surface area contributed by atoms with Crippen LogP contribution in [-0.4, -0.2) is 28.8 Å². The lowest BCUT2D eigenvalue weighted by Crippen LogP contribution is -2.24. The third-order valence-corrected chi connectivity index (χ3v) is 3.66. The number of amidine groups is 1. The zero-order valence-electron chi connectivity index (χ0n) is 9.75. The molecule has 1 atom stereocenters. The molecule has 0 aromatic heterocycles. The second kappa shape index (κ2) is 6.49. The zero-order valence-corrected chi connectivity index (χ0v) is 11.3. The smallest absolute Gasteiger partial charge is 0.240 e. The number of halogens is 1. The molecule has 7 heteroatoms. The highest BCUT2D eigenvalue weighted by atomic mass is 35.5. The summed E-state index contributed by atoms with van der Waals surface area (Å²) in [6.07, 6.45) is 2.46. The Morgan fingerprint density at radius 1 is 1.37 bits per heavy atom. The maximum Gasteiger partial charge on any atom is 0.240 e. The summed E-state index contributed by atoms with van der Waals surface area (Å²) in [6.45, 7) is 0. The van der Waals surface area contributed by atoms with Crippen LogP contribution >= 0.6 is 23.4 Å². The Morgan fingerprint density at radius 2 is 2.11 bits per heavy atom. The molecule has 1 N–H and O–H groups in total.